The largest absolute Gasteiger partial charge is 0.396 e. The van der Waals surface area contributed by atoms with Gasteiger partial charge in [-0.15, -0.1) is 0 Å². The van der Waals surface area contributed by atoms with Crippen LogP contribution in [0.25, 0.3) is 0 Å². The van der Waals surface area contributed by atoms with Crippen molar-refractivity contribution in [1.29, 1.82) is 0 Å². The van der Waals surface area contributed by atoms with Gasteiger partial charge in [0.1, 0.15) is 0 Å². The normalized spacial score (nSPS) is 20.4. The number of ether oxygens (including phenoxy) is 1. The molecule has 1 aliphatic heterocycles. The fourth-order valence-corrected chi connectivity index (χ4v) is 4.17. The van der Waals surface area contributed by atoms with E-state index in [0.717, 1.165) is 0 Å². The van der Waals surface area contributed by atoms with Crippen LogP contribution >= 0.6 is 0 Å². The van der Waals surface area contributed by atoms with Crippen LogP contribution in [0.3, 0.4) is 0 Å². The smallest absolute Gasteiger partial charge is 0.154 e. The van der Waals surface area contributed by atoms with Crippen LogP contribution in [-0.4, -0.2) is 56.9 Å². The molecule has 0 aliphatic carbocycles. The Hall–Kier alpha value is -0.170. The molecule has 1 saturated heterocycles. The highest BCUT2D eigenvalue weighted by molar-refractivity contribution is 7.92. The Morgan fingerprint density at radius 1 is 1.41 bits per heavy atom. The van der Waals surface area contributed by atoms with Crippen LogP contribution in [0.2, 0.25) is 0 Å². The average Bonchev–Trinajstić information content (AvgIpc) is 2.30. The fraction of sp³-hybridized carbons (Fsp3) is 1.00. The Morgan fingerprint density at radius 2 is 2.06 bits per heavy atom. The third kappa shape index (κ3) is 4.91. The van der Waals surface area contributed by atoms with E-state index in [9.17, 15) is 8.42 Å². The molecule has 102 valence electrons. The molecule has 5 nitrogen and oxygen atoms in total. The molecule has 0 spiro atoms. The van der Waals surface area contributed by atoms with Gasteiger partial charge in [-0.25, -0.2) is 8.42 Å². The van der Waals surface area contributed by atoms with Gasteiger partial charge in [0.25, 0.3) is 0 Å². The number of sulfone groups is 1. The van der Waals surface area contributed by atoms with Gasteiger partial charge in [-0.1, -0.05) is 6.92 Å². The minimum absolute atomic E-state index is 0.0148. The van der Waals surface area contributed by atoms with Crippen molar-refractivity contribution in [3.63, 3.8) is 0 Å². The lowest BCUT2D eigenvalue weighted by Gasteiger charge is -2.25. The van der Waals surface area contributed by atoms with Crippen molar-refractivity contribution in [2.45, 2.75) is 37.5 Å². The maximum Gasteiger partial charge on any atom is 0.154 e. The first-order chi connectivity index (χ1) is 8.10. The van der Waals surface area contributed by atoms with Crippen LogP contribution in [0.1, 0.15) is 26.2 Å². The second kappa shape index (κ2) is 7.31. The monoisotopic (exact) mass is 265 g/mol. The second-order valence-electron chi connectivity index (χ2n) is 4.41. The fourth-order valence-electron chi connectivity index (χ4n) is 2.14. The van der Waals surface area contributed by atoms with E-state index >= 15 is 0 Å². The molecule has 0 aromatic heterocycles. The number of aliphatic hydroxyl groups excluding tert-OH is 1. The summed E-state index contributed by atoms with van der Waals surface area (Å²) in [5.74, 6) is 0.117. The molecule has 1 atom stereocenters. The number of hydrogen-bond donors (Lipinski definition) is 2. The minimum atomic E-state index is -3.08. The highest BCUT2D eigenvalue weighted by atomic mass is 32.2. The molecule has 0 bridgehead atoms. The number of hydrogen-bond acceptors (Lipinski definition) is 5. The Bertz CT molecular complexity index is 293. The Balaban J connectivity index is 2.55. The summed E-state index contributed by atoms with van der Waals surface area (Å²) in [6.07, 6.45) is 1.68. The van der Waals surface area contributed by atoms with Gasteiger partial charge in [0.05, 0.1) is 11.0 Å². The Kier molecular flexibility index (Phi) is 6.40. The molecule has 0 aromatic carbocycles. The van der Waals surface area contributed by atoms with Gasteiger partial charge in [0.2, 0.25) is 0 Å². The molecule has 1 rings (SSSR count). The van der Waals surface area contributed by atoms with Crippen molar-refractivity contribution in [2.75, 3.05) is 32.1 Å². The summed E-state index contributed by atoms with van der Waals surface area (Å²) in [6, 6.07) is -0.141. The molecule has 1 aliphatic rings. The standard InChI is InChI=1S/C11H23NO4S/c1-2-12-10(3-6-13)9-17(14,15)11-4-7-16-8-5-11/h10-13H,2-9H2,1H3. The van der Waals surface area contributed by atoms with Crippen LogP contribution in [-0.2, 0) is 14.6 Å². The summed E-state index contributed by atoms with van der Waals surface area (Å²) in [7, 11) is -3.08. The quantitative estimate of drug-likeness (QED) is 0.674. The molecule has 0 saturated carbocycles. The zero-order valence-electron chi connectivity index (χ0n) is 10.4. The lowest BCUT2D eigenvalue weighted by Crippen LogP contribution is -2.41. The van der Waals surface area contributed by atoms with Crippen LogP contribution in [0.4, 0.5) is 0 Å². The van der Waals surface area contributed by atoms with Crippen molar-refractivity contribution in [3.05, 3.63) is 0 Å². The molecule has 17 heavy (non-hydrogen) atoms. The van der Waals surface area contributed by atoms with Crippen molar-refractivity contribution >= 4 is 9.84 Å². The highest BCUT2D eigenvalue weighted by Crippen LogP contribution is 2.17. The van der Waals surface area contributed by atoms with Crippen LogP contribution in [0.15, 0.2) is 0 Å². The van der Waals surface area contributed by atoms with Gasteiger partial charge in [-0.2, -0.15) is 0 Å². The van der Waals surface area contributed by atoms with Gasteiger partial charge in [-0.05, 0) is 25.8 Å². The third-order valence-corrected chi connectivity index (χ3v) is 5.43. The summed E-state index contributed by atoms with van der Waals surface area (Å²) in [5, 5.41) is 11.8. The molecule has 2 N–H and O–H groups in total. The molecular weight excluding hydrogens is 242 g/mol. The van der Waals surface area contributed by atoms with E-state index < -0.39 is 9.84 Å². The van der Waals surface area contributed by atoms with Crippen molar-refractivity contribution in [1.82, 2.24) is 5.32 Å². The summed E-state index contributed by atoms with van der Waals surface area (Å²) < 4.78 is 29.5. The lowest BCUT2D eigenvalue weighted by molar-refractivity contribution is 0.0983. The molecule has 0 amide bonds. The van der Waals surface area contributed by atoms with E-state index in [-0.39, 0.29) is 23.7 Å². The molecule has 1 fully saturated rings. The first-order valence-corrected chi connectivity index (χ1v) is 7.95. The van der Waals surface area contributed by atoms with Crippen LogP contribution in [0, 0.1) is 0 Å². The number of rotatable bonds is 7. The van der Waals surface area contributed by atoms with Crippen molar-refractivity contribution in [3.8, 4) is 0 Å². The molecule has 0 radical (unpaired) electrons. The van der Waals surface area contributed by atoms with E-state index in [4.69, 9.17) is 9.84 Å². The van der Waals surface area contributed by atoms with Crippen molar-refractivity contribution in [2.24, 2.45) is 0 Å². The van der Waals surface area contributed by atoms with E-state index in [1.165, 1.54) is 0 Å². The van der Waals surface area contributed by atoms with Crippen LogP contribution < -0.4 is 5.32 Å². The summed E-state index contributed by atoms with van der Waals surface area (Å²) in [5.41, 5.74) is 0. The zero-order chi connectivity index (χ0) is 12.7. The minimum Gasteiger partial charge on any atom is -0.396 e. The summed E-state index contributed by atoms with van der Waals surface area (Å²) in [4.78, 5) is 0. The molecule has 1 heterocycles. The predicted octanol–water partition coefficient (Wildman–Crippen LogP) is -0.0593. The summed E-state index contributed by atoms with van der Waals surface area (Å²) in [6.45, 7) is 3.74. The van der Waals surface area contributed by atoms with Crippen LogP contribution in [0.5, 0.6) is 0 Å². The van der Waals surface area contributed by atoms with Gasteiger partial charge >= 0.3 is 0 Å². The van der Waals surface area contributed by atoms with Gasteiger partial charge in [-0.3, -0.25) is 0 Å². The second-order valence-corrected chi connectivity index (χ2v) is 6.73. The van der Waals surface area contributed by atoms with E-state index in [1.54, 1.807) is 0 Å². The van der Waals surface area contributed by atoms with Gasteiger partial charge < -0.3 is 15.2 Å². The van der Waals surface area contributed by atoms with Gasteiger partial charge in [0.15, 0.2) is 9.84 Å². The number of nitrogens with one attached hydrogen (secondary N) is 1. The summed E-state index contributed by atoms with van der Waals surface area (Å²) >= 11 is 0. The van der Waals surface area contributed by atoms with E-state index in [0.29, 0.717) is 39.0 Å². The molecule has 0 aromatic rings. The van der Waals surface area contributed by atoms with Crippen molar-refractivity contribution < 1.29 is 18.3 Å². The van der Waals surface area contributed by atoms with Gasteiger partial charge in [0, 0.05) is 25.9 Å². The molecular formula is C11H23NO4S. The lowest BCUT2D eigenvalue weighted by atomic mass is 10.2. The SMILES string of the molecule is CCNC(CCO)CS(=O)(=O)C1CCOCC1. The topological polar surface area (TPSA) is 75.6 Å². The maximum atomic E-state index is 12.2. The first kappa shape index (κ1) is 14.9. The molecule has 6 heteroatoms. The van der Waals surface area contributed by atoms with E-state index in [1.807, 2.05) is 6.92 Å². The molecule has 1 unspecified atom stereocenters. The number of aliphatic hydroxyl groups is 1. The Morgan fingerprint density at radius 3 is 2.59 bits per heavy atom. The highest BCUT2D eigenvalue weighted by Gasteiger charge is 2.29. The Labute approximate surface area is 103 Å². The van der Waals surface area contributed by atoms with E-state index in [2.05, 4.69) is 5.32 Å². The first-order valence-electron chi connectivity index (χ1n) is 6.23. The average molecular weight is 265 g/mol. The maximum absolute atomic E-state index is 12.2. The third-order valence-electron chi connectivity index (χ3n) is 3.08. The zero-order valence-corrected chi connectivity index (χ0v) is 11.2. The predicted molar refractivity (Wildman–Crippen MR) is 66.8 cm³/mol.